The van der Waals surface area contributed by atoms with Gasteiger partial charge in [0, 0.05) is 50.7 Å². The molecule has 3 saturated heterocycles. The Morgan fingerprint density at radius 1 is 0.897 bits per heavy atom. The number of benzene rings is 2. The summed E-state index contributed by atoms with van der Waals surface area (Å²) in [5, 5.41) is 2.48. The van der Waals surface area contributed by atoms with E-state index in [-0.39, 0.29) is 23.8 Å². The van der Waals surface area contributed by atoms with Gasteiger partial charge >= 0.3 is 0 Å². The minimum Gasteiger partial charge on any atom is -0.492 e. The quantitative estimate of drug-likeness (QED) is 0.552. The first-order chi connectivity index (χ1) is 19.0. The smallest absolute Gasteiger partial charge is 0.253 e. The van der Waals surface area contributed by atoms with Gasteiger partial charge < -0.3 is 9.64 Å². The van der Waals surface area contributed by atoms with Crippen LogP contribution in [0.15, 0.2) is 42.5 Å². The predicted molar refractivity (Wildman–Crippen MR) is 147 cm³/mol. The summed E-state index contributed by atoms with van der Waals surface area (Å²) in [5.41, 5.74) is 4.43. The molecule has 39 heavy (non-hydrogen) atoms. The molecule has 3 amide bonds. The fourth-order valence-electron chi connectivity index (χ4n) is 6.48. The van der Waals surface area contributed by atoms with Gasteiger partial charge in [-0.2, -0.15) is 0 Å². The van der Waals surface area contributed by atoms with E-state index in [0.717, 1.165) is 63.3 Å². The monoisotopic (exact) mass is 530 g/mol. The average Bonchev–Trinajstić information content (AvgIpc) is 3.63. The number of fused-ring (bicyclic) bond motifs is 1. The maximum absolute atomic E-state index is 12.7. The molecule has 8 nitrogen and oxygen atoms in total. The third-order valence-electron chi connectivity index (χ3n) is 8.75. The molecule has 1 N–H and O–H groups in total. The van der Waals surface area contributed by atoms with Crippen molar-refractivity contribution in [1.82, 2.24) is 20.0 Å². The van der Waals surface area contributed by atoms with Gasteiger partial charge in [-0.25, -0.2) is 0 Å². The molecule has 4 aliphatic heterocycles. The Morgan fingerprint density at radius 3 is 2.46 bits per heavy atom. The molecule has 3 fully saturated rings. The number of hydrogen-bond acceptors (Lipinski definition) is 6. The Bertz CT molecular complexity index is 1220. The molecular formula is C31H38N4O4. The number of carbonyl (C=O) groups excluding carboxylic acids is 3. The molecule has 0 radical (unpaired) electrons. The number of ether oxygens (including phenoxy) is 1. The van der Waals surface area contributed by atoms with Crippen molar-refractivity contribution < 1.29 is 19.1 Å². The van der Waals surface area contributed by atoms with Crippen LogP contribution in [0, 0.1) is 0 Å². The summed E-state index contributed by atoms with van der Waals surface area (Å²) in [5.74, 6) is 0.665. The number of nitrogens with one attached hydrogen (secondary N) is 1. The van der Waals surface area contributed by atoms with Crippen LogP contribution in [0.5, 0.6) is 5.75 Å². The zero-order chi connectivity index (χ0) is 26.8. The Morgan fingerprint density at radius 2 is 1.67 bits per heavy atom. The lowest BCUT2D eigenvalue weighted by Crippen LogP contribution is -2.50. The van der Waals surface area contributed by atoms with Crippen LogP contribution in [-0.4, -0.2) is 70.7 Å². The van der Waals surface area contributed by atoms with Crippen LogP contribution in [0.2, 0.25) is 0 Å². The lowest BCUT2D eigenvalue weighted by molar-refractivity contribution is -0.137. The third-order valence-corrected chi connectivity index (χ3v) is 8.75. The predicted octanol–water partition coefficient (Wildman–Crippen LogP) is 3.48. The fraction of sp³-hybridized carbons (Fsp3) is 0.516. The van der Waals surface area contributed by atoms with Gasteiger partial charge in [0.15, 0.2) is 0 Å². The van der Waals surface area contributed by atoms with Crippen LogP contribution in [0.1, 0.15) is 72.0 Å². The van der Waals surface area contributed by atoms with E-state index in [9.17, 15) is 14.4 Å². The Kier molecular flexibility index (Phi) is 7.66. The number of hydrogen-bond donors (Lipinski definition) is 1. The molecule has 206 valence electrons. The molecule has 4 aliphatic rings. The van der Waals surface area contributed by atoms with Gasteiger partial charge in [0.05, 0.1) is 6.04 Å². The van der Waals surface area contributed by atoms with E-state index in [0.29, 0.717) is 32.0 Å². The molecule has 0 aliphatic carbocycles. The molecule has 2 aromatic rings. The van der Waals surface area contributed by atoms with Crippen molar-refractivity contribution in [3.05, 3.63) is 64.7 Å². The van der Waals surface area contributed by atoms with E-state index in [1.807, 2.05) is 23.1 Å². The minimum absolute atomic E-state index is 0.151. The summed E-state index contributed by atoms with van der Waals surface area (Å²) in [7, 11) is 0. The molecular weight excluding hydrogens is 492 g/mol. The molecule has 0 aromatic heterocycles. The highest BCUT2D eigenvalue weighted by Gasteiger charge is 2.35. The van der Waals surface area contributed by atoms with Crippen molar-refractivity contribution in [1.29, 1.82) is 0 Å². The van der Waals surface area contributed by atoms with Gasteiger partial charge in [-0.05, 0) is 79.6 Å². The van der Waals surface area contributed by atoms with Crippen LogP contribution < -0.4 is 10.1 Å². The lowest BCUT2D eigenvalue weighted by Gasteiger charge is -2.35. The topological polar surface area (TPSA) is 82.2 Å². The summed E-state index contributed by atoms with van der Waals surface area (Å²) < 4.78 is 6.33. The van der Waals surface area contributed by atoms with E-state index in [4.69, 9.17) is 4.74 Å². The normalized spacial score (nSPS) is 24.1. The van der Waals surface area contributed by atoms with Crippen LogP contribution in [0.4, 0.5) is 0 Å². The first-order valence-corrected chi connectivity index (χ1v) is 14.5. The molecule has 4 heterocycles. The Labute approximate surface area is 230 Å². The second-order valence-corrected chi connectivity index (χ2v) is 11.4. The van der Waals surface area contributed by atoms with Gasteiger partial charge in [-0.1, -0.05) is 24.6 Å². The first kappa shape index (κ1) is 26.0. The van der Waals surface area contributed by atoms with Crippen molar-refractivity contribution in [2.75, 3.05) is 26.2 Å². The highest BCUT2D eigenvalue weighted by atomic mass is 16.5. The maximum Gasteiger partial charge on any atom is 0.253 e. The summed E-state index contributed by atoms with van der Waals surface area (Å²) in [4.78, 5) is 43.2. The molecule has 6 rings (SSSR count). The number of nitrogens with zero attached hydrogens (tertiary/aromatic N) is 3. The number of rotatable bonds is 7. The second-order valence-electron chi connectivity index (χ2n) is 11.4. The summed E-state index contributed by atoms with van der Waals surface area (Å²) in [6.45, 7) is 5.72. The molecule has 1 unspecified atom stereocenters. The largest absolute Gasteiger partial charge is 0.492 e. The highest BCUT2D eigenvalue weighted by molar-refractivity contribution is 6.00. The number of piperidine rings is 2. The van der Waals surface area contributed by atoms with Gasteiger partial charge in [-0.15, -0.1) is 0 Å². The van der Waals surface area contributed by atoms with Gasteiger partial charge in [0.2, 0.25) is 11.8 Å². The van der Waals surface area contributed by atoms with Crippen LogP contribution in [0.25, 0.3) is 0 Å². The summed E-state index contributed by atoms with van der Waals surface area (Å²) >= 11 is 0. The molecule has 2 aromatic carbocycles. The van der Waals surface area contributed by atoms with Crippen LogP contribution >= 0.6 is 0 Å². The third kappa shape index (κ3) is 5.87. The average molecular weight is 531 g/mol. The Hall–Kier alpha value is -3.23. The standard InChI is InChI=1S/C31H38N4O4/c36-29-13-12-28(30(37)32-29)35-19-24-10-11-27(17-25(24)20-35)39-21-26-5-1-2-16-34(26)18-22-6-8-23(9-7-22)31(38)33-14-3-4-15-33/h6-11,17,26,28H,1-5,12-16,18-21H2,(H,32,36,37)/t26-,28?/m1/s1. The molecule has 8 heteroatoms. The van der Waals surface area contributed by atoms with Crippen molar-refractivity contribution >= 4 is 17.7 Å². The van der Waals surface area contributed by atoms with Gasteiger partial charge in [0.25, 0.3) is 5.91 Å². The van der Waals surface area contributed by atoms with E-state index in [1.165, 1.54) is 29.5 Å². The van der Waals surface area contributed by atoms with E-state index in [2.05, 4.69) is 39.4 Å². The van der Waals surface area contributed by atoms with E-state index >= 15 is 0 Å². The fourth-order valence-corrected chi connectivity index (χ4v) is 6.48. The lowest BCUT2D eigenvalue weighted by atomic mass is 10.0. The highest BCUT2D eigenvalue weighted by Crippen LogP contribution is 2.30. The summed E-state index contributed by atoms with van der Waals surface area (Å²) in [6, 6.07) is 14.5. The number of amides is 3. The van der Waals surface area contributed by atoms with Crippen LogP contribution in [0.3, 0.4) is 0 Å². The van der Waals surface area contributed by atoms with E-state index < -0.39 is 0 Å². The van der Waals surface area contributed by atoms with E-state index in [1.54, 1.807) is 0 Å². The number of imide groups is 1. The minimum atomic E-state index is -0.248. The van der Waals surface area contributed by atoms with Crippen LogP contribution in [-0.2, 0) is 29.2 Å². The zero-order valence-electron chi connectivity index (χ0n) is 22.6. The molecule has 2 atom stereocenters. The maximum atomic E-state index is 12.7. The molecule has 0 bridgehead atoms. The van der Waals surface area contributed by atoms with Crippen molar-refractivity contribution in [2.45, 2.75) is 76.7 Å². The molecule has 0 spiro atoms. The van der Waals surface area contributed by atoms with Gasteiger partial charge in [-0.3, -0.25) is 29.5 Å². The van der Waals surface area contributed by atoms with Crippen molar-refractivity contribution in [2.24, 2.45) is 0 Å². The SMILES string of the molecule is O=C1CCC(N2Cc3ccc(OC[C@H]4CCCCN4Cc4ccc(C(=O)N5CCCC5)cc4)cc3C2)C(=O)N1. The summed E-state index contributed by atoms with van der Waals surface area (Å²) in [6.07, 6.45) is 6.70. The second kappa shape index (κ2) is 11.5. The van der Waals surface area contributed by atoms with Gasteiger partial charge in [0.1, 0.15) is 12.4 Å². The Balaban J connectivity index is 1.04. The first-order valence-electron chi connectivity index (χ1n) is 14.5. The van der Waals surface area contributed by atoms with Crippen molar-refractivity contribution in [3.8, 4) is 5.75 Å². The van der Waals surface area contributed by atoms with Crippen molar-refractivity contribution in [3.63, 3.8) is 0 Å². The zero-order valence-corrected chi connectivity index (χ0v) is 22.6. The molecule has 0 saturated carbocycles. The number of likely N-dealkylation sites (tertiary alicyclic amines) is 2. The number of carbonyl (C=O) groups is 3.